The first-order valence-corrected chi connectivity index (χ1v) is 7.24. The number of anilines is 1. The van der Waals surface area contributed by atoms with E-state index in [1.165, 1.54) is 16.7 Å². The SMILES string of the molecule is CC(N)Cc1ccc(N2CCc3ccccc3C2)nc1. The maximum absolute atomic E-state index is 5.82. The molecule has 1 atom stereocenters. The summed E-state index contributed by atoms with van der Waals surface area (Å²) in [4.78, 5) is 6.94. The molecule has 0 aliphatic carbocycles. The fraction of sp³-hybridized carbons (Fsp3) is 0.353. The molecule has 0 saturated carbocycles. The van der Waals surface area contributed by atoms with Gasteiger partial charge in [-0.05, 0) is 42.5 Å². The van der Waals surface area contributed by atoms with Gasteiger partial charge in [-0.2, -0.15) is 0 Å². The topological polar surface area (TPSA) is 42.1 Å². The van der Waals surface area contributed by atoms with Crippen LogP contribution in [0.25, 0.3) is 0 Å². The molecule has 0 amide bonds. The molecule has 1 aliphatic heterocycles. The molecule has 0 spiro atoms. The monoisotopic (exact) mass is 267 g/mol. The van der Waals surface area contributed by atoms with Crippen molar-refractivity contribution in [3.63, 3.8) is 0 Å². The third-order valence-corrected chi connectivity index (χ3v) is 3.82. The van der Waals surface area contributed by atoms with Gasteiger partial charge in [0.2, 0.25) is 0 Å². The van der Waals surface area contributed by atoms with Crippen LogP contribution in [-0.2, 0) is 19.4 Å². The molecule has 2 N–H and O–H groups in total. The van der Waals surface area contributed by atoms with E-state index >= 15 is 0 Å². The van der Waals surface area contributed by atoms with E-state index in [1.54, 1.807) is 0 Å². The summed E-state index contributed by atoms with van der Waals surface area (Å²) in [5.74, 6) is 1.06. The Hall–Kier alpha value is -1.87. The summed E-state index contributed by atoms with van der Waals surface area (Å²) >= 11 is 0. The summed E-state index contributed by atoms with van der Waals surface area (Å²) in [6.07, 6.45) is 3.94. The highest BCUT2D eigenvalue weighted by Gasteiger charge is 2.16. The first-order valence-electron chi connectivity index (χ1n) is 7.24. The lowest BCUT2D eigenvalue weighted by molar-refractivity contribution is 0.715. The molecule has 3 rings (SSSR count). The van der Waals surface area contributed by atoms with Crippen LogP contribution < -0.4 is 10.6 Å². The number of hydrogen-bond donors (Lipinski definition) is 1. The van der Waals surface area contributed by atoms with Crippen LogP contribution in [-0.4, -0.2) is 17.6 Å². The van der Waals surface area contributed by atoms with Gasteiger partial charge in [-0.25, -0.2) is 4.98 Å². The third kappa shape index (κ3) is 2.83. The van der Waals surface area contributed by atoms with Crippen molar-refractivity contribution in [3.05, 3.63) is 59.3 Å². The average molecular weight is 267 g/mol. The second-order valence-electron chi connectivity index (χ2n) is 5.65. The lowest BCUT2D eigenvalue weighted by Gasteiger charge is -2.29. The predicted molar refractivity (Wildman–Crippen MR) is 82.8 cm³/mol. The second kappa shape index (κ2) is 5.63. The van der Waals surface area contributed by atoms with Crippen molar-refractivity contribution in [1.82, 2.24) is 4.98 Å². The second-order valence-corrected chi connectivity index (χ2v) is 5.65. The number of fused-ring (bicyclic) bond motifs is 1. The molecule has 0 saturated heterocycles. The summed E-state index contributed by atoms with van der Waals surface area (Å²) in [5, 5.41) is 0. The van der Waals surface area contributed by atoms with Gasteiger partial charge in [0, 0.05) is 25.3 Å². The van der Waals surface area contributed by atoms with E-state index in [4.69, 9.17) is 5.73 Å². The summed E-state index contributed by atoms with van der Waals surface area (Å²) in [5.41, 5.74) is 9.92. The molecule has 1 aliphatic rings. The number of nitrogens with zero attached hydrogens (tertiary/aromatic N) is 2. The van der Waals surface area contributed by atoms with Crippen LogP contribution in [0, 0.1) is 0 Å². The van der Waals surface area contributed by atoms with E-state index in [2.05, 4.69) is 46.3 Å². The highest BCUT2D eigenvalue weighted by molar-refractivity contribution is 5.44. The molecular formula is C17H21N3. The molecular weight excluding hydrogens is 246 g/mol. The molecule has 104 valence electrons. The molecule has 2 aromatic rings. The Morgan fingerprint density at radius 1 is 1.20 bits per heavy atom. The Morgan fingerprint density at radius 3 is 2.70 bits per heavy atom. The molecule has 1 aromatic heterocycles. The van der Waals surface area contributed by atoms with Gasteiger partial charge >= 0.3 is 0 Å². The smallest absolute Gasteiger partial charge is 0.128 e. The maximum atomic E-state index is 5.82. The van der Waals surface area contributed by atoms with Gasteiger partial charge in [-0.15, -0.1) is 0 Å². The van der Waals surface area contributed by atoms with Crippen molar-refractivity contribution in [2.24, 2.45) is 5.73 Å². The summed E-state index contributed by atoms with van der Waals surface area (Å²) in [6, 6.07) is 13.1. The van der Waals surface area contributed by atoms with Crippen molar-refractivity contribution in [3.8, 4) is 0 Å². The highest BCUT2D eigenvalue weighted by Crippen LogP contribution is 2.23. The molecule has 3 heteroatoms. The van der Waals surface area contributed by atoms with Crippen LogP contribution in [0.4, 0.5) is 5.82 Å². The zero-order valence-corrected chi connectivity index (χ0v) is 11.9. The number of aromatic nitrogens is 1. The van der Waals surface area contributed by atoms with Crippen molar-refractivity contribution < 1.29 is 0 Å². The number of nitrogens with two attached hydrogens (primary N) is 1. The van der Waals surface area contributed by atoms with Gasteiger partial charge < -0.3 is 10.6 Å². The van der Waals surface area contributed by atoms with Crippen LogP contribution in [0.2, 0.25) is 0 Å². The number of benzene rings is 1. The highest BCUT2D eigenvalue weighted by atomic mass is 15.2. The zero-order valence-electron chi connectivity index (χ0n) is 11.9. The zero-order chi connectivity index (χ0) is 13.9. The predicted octanol–water partition coefficient (Wildman–Crippen LogP) is 2.53. The van der Waals surface area contributed by atoms with Crippen molar-refractivity contribution >= 4 is 5.82 Å². The van der Waals surface area contributed by atoms with E-state index in [-0.39, 0.29) is 6.04 Å². The Morgan fingerprint density at radius 2 is 2.00 bits per heavy atom. The first-order chi connectivity index (χ1) is 9.72. The van der Waals surface area contributed by atoms with Crippen LogP contribution >= 0.6 is 0 Å². The Labute approximate surface area is 120 Å². The van der Waals surface area contributed by atoms with E-state index < -0.39 is 0 Å². The fourth-order valence-corrected chi connectivity index (χ4v) is 2.79. The van der Waals surface area contributed by atoms with Gasteiger partial charge in [0.1, 0.15) is 5.82 Å². The van der Waals surface area contributed by atoms with E-state index in [9.17, 15) is 0 Å². The van der Waals surface area contributed by atoms with Gasteiger partial charge in [0.15, 0.2) is 0 Å². The lowest BCUT2D eigenvalue weighted by atomic mass is 10.00. The largest absolute Gasteiger partial charge is 0.352 e. The first kappa shape index (κ1) is 13.1. The minimum Gasteiger partial charge on any atom is -0.352 e. The number of hydrogen-bond acceptors (Lipinski definition) is 3. The quantitative estimate of drug-likeness (QED) is 0.929. The van der Waals surface area contributed by atoms with Crippen molar-refractivity contribution in [2.75, 3.05) is 11.4 Å². The fourth-order valence-electron chi connectivity index (χ4n) is 2.79. The molecule has 2 heterocycles. The average Bonchev–Trinajstić information content (AvgIpc) is 2.47. The minimum absolute atomic E-state index is 0.185. The molecule has 3 nitrogen and oxygen atoms in total. The van der Waals surface area contributed by atoms with Gasteiger partial charge in [0.25, 0.3) is 0 Å². The van der Waals surface area contributed by atoms with Crippen LogP contribution in [0.3, 0.4) is 0 Å². The lowest BCUT2D eigenvalue weighted by Crippen LogP contribution is -2.30. The van der Waals surface area contributed by atoms with Crippen LogP contribution in [0.15, 0.2) is 42.6 Å². The van der Waals surface area contributed by atoms with Crippen LogP contribution in [0.1, 0.15) is 23.6 Å². The molecule has 1 unspecified atom stereocenters. The van der Waals surface area contributed by atoms with Gasteiger partial charge in [-0.1, -0.05) is 30.3 Å². The van der Waals surface area contributed by atoms with Crippen LogP contribution in [0.5, 0.6) is 0 Å². The third-order valence-electron chi connectivity index (χ3n) is 3.82. The summed E-state index contributed by atoms with van der Waals surface area (Å²) in [6.45, 7) is 4.02. The molecule has 0 radical (unpaired) electrons. The molecule has 20 heavy (non-hydrogen) atoms. The number of pyridine rings is 1. The van der Waals surface area contributed by atoms with Gasteiger partial charge in [-0.3, -0.25) is 0 Å². The van der Waals surface area contributed by atoms with Crippen molar-refractivity contribution in [1.29, 1.82) is 0 Å². The van der Waals surface area contributed by atoms with E-state index in [1.807, 2.05) is 13.1 Å². The Bertz CT molecular complexity index is 575. The maximum Gasteiger partial charge on any atom is 0.128 e. The normalized spacial score (nSPS) is 15.8. The molecule has 0 bridgehead atoms. The Kier molecular flexibility index (Phi) is 3.70. The standard InChI is InChI=1S/C17H21N3/c1-13(18)10-14-6-7-17(19-11-14)20-9-8-15-4-2-3-5-16(15)12-20/h2-7,11,13H,8-10,12,18H2,1H3. The molecule has 0 fully saturated rings. The minimum atomic E-state index is 0.185. The Balaban J connectivity index is 1.74. The van der Waals surface area contributed by atoms with Gasteiger partial charge in [0.05, 0.1) is 0 Å². The number of rotatable bonds is 3. The van der Waals surface area contributed by atoms with E-state index in [0.29, 0.717) is 0 Å². The summed E-state index contributed by atoms with van der Waals surface area (Å²) < 4.78 is 0. The van der Waals surface area contributed by atoms with E-state index in [0.717, 1.165) is 31.7 Å². The summed E-state index contributed by atoms with van der Waals surface area (Å²) in [7, 11) is 0. The van der Waals surface area contributed by atoms with Crippen molar-refractivity contribution in [2.45, 2.75) is 32.4 Å². The molecule has 1 aromatic carbocycles.